The SMILES string of the molecule is O=C(O)[C@H]1CC[C@@H](C(=O)N2CCCC2c2ccc(F)cc2)O1. The number of benzene rings is 1. The number of likely N-dealkylation sites (tertiary alicyclic amines) is 1. The second-order valence-electron chi connectivity index (χ2n) is 5.77. The molecule has 5 nitrogen and oxygen atoms in total. The number of carbonyl (C=O) groups excluding carboxylic acids is 1. The van der Waals surface area contributed by atoms with Crippen LogP contribution in [-0.4, -0.2) is 40.6 Å². The predicted octanol–water partition coefficient (Wildman–Crippen LogP) is 2.12. The van der Waals surface area contributed by atoms with E-state index in [4.69, 9.17) is 9.84 Å². The molecule has 2 aliphatic heterocycles. The first-order valence-electron chi connectivity index (χ1n) is 7.50. The quantitative estimate of drug-likeness (QED) is 0.929. The minimum Gasteiger partial charge on any atom is -0.479 e. The Labute approximate surface area is 127 Å². The molecule has 1 unspecified atom stereocenters. The summed E-state index contributed by atoms with van der Waals surface area (Å²) >= 11 is 0. The Morgan fingerprint density at radius 2 is 1.82 bits per heavy atom. The van der Waals surface area contributed by atoms with E-state index < -0.39 is 18.2 Å². The molecule has 0 saturated carbocycles. The molecule has 22 heavy (non-hydrogen) atoms. The molecule has 0 bridgehead atoms. The van der Waals surface area contributed by atoms with E-state index in [1.165, 1.54) is 12.1 Å². The summed E-state index contributed by atoms with van der Waals surface area (Å²) in [7, 11) is 0. The van der Waals surface area contributed by atoms with Crippen molar-refractivity contribution in [3.8, 4) is 0 Å². The van der Waals surface area contributed by atoms with Crippen LogP contribution in [-0.2, 0) is 14.3 Å². The minimum atomic E-state index is -1.02. The number of nitrogens with zero attached hydrogens (tertiary/aromatic N) is 1. The fourth-order valence-electron chi connectivity index (χ4n) is 3.25. The van der Waals surface area contributed by atoms with Crippen molar-refractivity contribution in [2.75, 3.05) is 6.54 Å². The highest BCUT2D eigenvalue weighted by molar-refractivity contribution is 5.83. The van der Waals surface area contributed by atoms with Gasteiger partial charge in [-0.15, -0.1) is 0 Å². The van der Waals surface area contributed by atoms with E-state index in [0.717, 1.165) is 18.4 Å². The van der Waals surface area contributed by atoms with Crippen molar-refractivity contribution in [1.29, 1.82) is 0 Å². The van der Waals surface area contributed by atoms with Crippen LogP contribution < -0.4 is 0 Å². The Kier molecular flexibility index (Phi) is 4.11. The summed E-state index contributed by atoms with van der Waals surface area (Å²) in [5.74, 6) is -1.48. The first kappa shape index (κ1) is 15.0. The standard InChI is InChI=1S/C16H18FNO4/c17-11-5-3-10(4-6-11)12-2-1-9-18(12)15(19)13-7-8-14(22-13)16(20)21/h3-6,12-14H,1-2,7-9H2,(H,20,21)/t12?,13-,14+/m0/s1. The van der Waals surface area contributed by atoms with E-state index >= 15 is 0 Å². The second-order valence-corrected chi connectivity index (χ2v) is 5.77. The molecule has 3 rings (SSSR count). The lowest BCUT2D eigenvalue weighted by atomic mass is 10.0. The van der Waals surface area contributed by atoms with Gasteiger partial charge in [-0.2, -0.15) is 0 Å². The molecular weight excluding hydrogens is 289 g/mol. The Bertz CT molecular complexity index is 574. The molecule has 0 radical (unpaired) electrons. The van der Waals surface area contributed by atoms with Crippen LogP contribution in [0.1, 0.15) is 37.3 Å². The van der Waals surface area contributed by atoms with Gasteiger partial charge in [0.05, 0.1) is 6.04 Å². The summed E-state index contributed by atoms with van der Waals surface area (Å²) in [6, 6.07) is 6.09. The number of amides is 1. The third-order valence-electron chi connectivity index (χ3n) is 4.36. The number of ether oxygens (including phenoxy) is 1. The van der Waals surface area contributed by atoms with Crippen LogP contribution in [0, 0.1) is 5.82 Å². The van der Waals surface area contributed by atoms with E-state index in [1.54, 1.807) is 17.0 Å². The lowest BCUT2D eigenvalue weighted by Gasteiger charge is -2.27. The number of carboxylic acids is 1. The molecule has 3 atom stereocenters. The minimum absolute atomic E-state index is 0.0828. The molecule has 2 fully saturated rings. The largest absolute Gasteiger partial charge is 0.479 e. The first-order chi connectivity index (χ1) is 10.6. The molecule has 2 saturated heterocycles. The number of hydrogen-bond acceptors (Lipinski definition) is 3. The fraction of sp³-hybridized carbons (Fsp3) is 0.500. The zero-order valence-corrected chi connectivity index (χ0v) is 12.1. The monoisotopic (exact) mass is 307 g/mol. The molecule has 1 aromatic rings. The van der Waals surface area contributed by atoms with Gasteiger partial charge in [0.2, 0.25) is 0 Å². The molecule has 0 spiro atoms. The molecule has 1 N–H and O–H groups in total. The van der Waals surface area contributed by atoms with Gasteiger partial charge in [-0.05, 0) is 43.4 Å². The normalized spacial score (nSPS) is 28.0. The average Bonchev–Trinajstić information content (AvgIpc) is 3.17. The summed E-state index contributed by atoms with van der Waals surface area (Å²) in [5, 5.41) is 8.95. The summed E-state index contributed by atoms with van der Waals surface area (Å²) in [4.78, 5) is 25.3. The Balaban J connectivity index is 1.72. The van der Waals surface area contributed by atoms with Crippen molar-refractivity contribution in [2.24, 2.45) is 0 Å². The number of aliphatic carboxylic acids is 1. The summed E-state index contributed by atoms with van der Waals surface area (Å²) in [5.41, 5.74) is 0.903. The van der Waals surface area contributed by atoms with Crippen molar-refractivity contribution in [1.82, 2.24) is 4.90 Å². The third-order valence-corrected chi connectivity index (χ3v) is 4.36. The number of rotatable bonds is 3. The van der Waals surface area contributed by atoms with Crippen molar-refractivity contribution in [3.05, 3.63) is 35.6 Å². The first-order valence-corrected chi connectivity index (χ1v) is 7.50. The topological polar surface area (TPSA) is 66.8 Å². The highest BCUT2D eigenvalue weighted by Crippen LogP contribution is 2.34. The Morgan fingerprint density at radius 1 is 1.14 bits per heavy atom. The van der Waals surface area contributed by atoms with Crippen molar-refractivity contribution < 1.29 is 23.8 Å². The van der Waals surface area contributed by atoms with Crippen LogP contribution in [0.15, 0.2) is 24.3 Å². The molecule has 118 valence electrons. The van der Waals surface area contributed by atoms with Gasteiger partial charge >= 0.3 is 5.97 Å². The lowest BCUT2D eigenvalue weighted by Crippen LogP contribution is -2.39. The maximum Gasteiger partial charge on any atom is 0.332 e. The van der Waals surface area contributed by atoms with Crippen LogP contribution in [0.2, 0.25) is 0 Å². The van der Waals surface area contributed by atoms with Crippen molar-refractivity contribution >= 4 is 11.9 Å². The molecule has 2 aliphatic rings. The smallest absolute Gasteiger partial charge is 0.332 e. The maximum atomic E-state index is 13.0. The maximum absolute atomic E-state index is 13.0. The van der Waals surface area contributed by atoms with E-state index in [0.29, 0.717) is 19.4 Å². The van der Waals surface area contributed by atoms with E-state index in [2.05, 4.69) is 0 Å². The van der Waals surface area contributed by atoms with Gasteiger partial charge in [0.25, 0.3) is 5.91 Å². The molecular formula is C16H18FNO4. The lowest BCUT2D eigenvalue weighted by molar-refractivity contribution is -0.155. The zero-order valence-electron chi connectivity index (χ0n) is 12.1. The summed E-state index contributed by atoms with van der Waals surface area (Å²) < 4.78 is 18.4. The third kappa shape index (κ3) is 2.83. The van der Waals surface area contributed by atoms with Crippen LogP contribution in [0.4, 0.5) is 4.39 Å². The van der Waals surface area contributed by atoms with Gasteiger partial charge in [0, 0.05) is 6.54 Å². The number of hydrogen-bond donors (Lipinski definition) is 1. The van der Waals surface area contributed by atoms with E-state index in [9.17, 15) is 14.0 Å². The van der Waals surface area contributed by atoms with Crippen LogP contribution >= 0.6 is 0 Å². The van der Waals surface area contributed by atoms with Crippen molar-refractivity contribution in [2.45, 2.75) is 43.9 Å². The molecule has 1 amide bonds. The molecule has 0 aliphatic carbocycles. The van der Waals surface area contributed by atoms with Gasteiger partial charge in [0.15, 0.2) is 6.10 Å². The fourth-order valence-corrected chi connectivity index (χ4v) is 3.25. The summed E-state index contributed by atoms with van der Waals surface area (Å²) in [6.45, 7) is 0.623. The highest BCUT2D eigenvalue weighted by Gasteiger charge is 2.40. The Hall–Kier alpha value is -1.95. The van der Waals surface area contributed by atoms with E-state index in [1.807, 2.05) is 0 Å². The van der Waals surface area contributed by atoms with Gasteiger partial charge in [-0.3, -0.25) is 4.79 Å². The number of halogens is 1. The highest BCUT2D eigenvalue weighted by atomic mass is 19.1. The predicted molar refractivity (Wildman–Crippen MR) is 75.6 cm³/mol. The van der Waals surface area contributed by atoms with Gasteiger partial charge in [-0.1, -0.05) is 12.1 Å². The Morgan fingerprint density at radius 3 is 2.45 bits per heavy atom. The van der Waals surface area contributed by atoms with Crippen LogP contribution in [0.25, 0.3) is 0 Å². The molecule has 6 heteroatoms. The molecule has 0 aromatic heterocycles. The van der Waals surface area contributed by atoms with E-state index in [-0.39, 0.29) is 17.8 Å². The zero-order chi connectivity index (χ0) is 15.7. The average molecular weight is 307 g/mol. The molecule has 2 heterocycles. The number of carboxylic acid groups (broad SMARTS) is 1. The summed E-state index contributed by atoms with van der Waals surface area (Å²) in [6.07, 6.45) is 0.932. The van der Waals surface area contributed by atoms with Crippen LogP contribution in [0.5, 0.6) is 0 Å². The number of carbonyl (C=O) groups is 2. The van der Waals surface area contributed by atoms with Gasteiger partial charge in [-0.25, -0.2) is 9.18 Å². The van der Waals surface area contributed by atoms with Crippen molar-refractivity contribution in [3.63, 3.8) is 0 Å². The van der Waals surface area contributed by atoms with Gasteiger partial charge < -0.3 is 14.7 Å². The van der Waals surface area contributed by atoms with Crippen LogP contribution in [0.3, 0.4) is 0 Å². The van der Waals surface area contributed by atoms with Gasteiger partial charge in [0.1, 0.15) is 11.9 Å². The molecule has 1 aromatic carbocycles. The second kappa shape index (κ2) is 6.04.